The van der Waals surface area contributed by atoms with Crippen molar-refractivity contribution in [3.05, 3.63) is 0 Å². The zero-order valence-corrected chi connectivity index (χ0v) is 12.6. The van der Waals surface area contributed by atoms with E-state index in [2.05, 4.69) is 20.7 Å². The Morgan fingerprint density at radius 1 is 1.00 bits per heavy atom. The smallest absolute Gasteiger partial charge is 0.212 e. The highest BCUT2D eigenvalue weighted by Crippen LogP contribution is 2.29. The average Bonchev–Trinajstić information content (AvgIpc) is 2.77. The molecule has 0 aliphatic heterocycles. The summed E-state index contributed by atoms with van der Waals surface area (Å²) in [5.74, 6) is 0.480. The van der Waals surface area contributed by atoms with E-state index in [1.165, 1.54) is 6.42 Å². The average molecular weight is 324 g/mol. The van der Waals surface area contributed by atoms with Gasteiger partial charge in [-0.25, -0.2) is 13.1 Å². The Balaban J connectivity index is 1.96. The van der Waals surface area contributed by atoms with E-state index in [-0.39, 0.29) is 11.3 Å². The fourth-order valence-corrected chi connectivity index (χ4v) is 5.71. The Hall–Kier alpha value is 0.390. The van der Waals surface area contributed by atoms with E-state index in [9.17, 15) is 8.42 Å². The second-order valence-corrected chi connectivity index (χ2v) is 8.01. The van der Waals surface area contributed by atoms with Crippen molar-refractivity contribution < 1.29 is 8.42 Å². The van der Waals surface area contributed by atoms with Gasteiger partial charge in [0.05, 0.1) is 5.25 Å². The van der Waals surface area contributed by atoms with Gasteiger partial charge in [-0.3, -0.25) is 0 Å². The molecule has 2 aliphatic carbocycles. The predicted molar refractivity (Wildman–Crippen MR) is 73.9 cm³/mol. The molecule has 0 aromatic rings. The van der Waals surface area contributed by atoms with E-state index in [0.717, 1.165) is 50.3 Å². The Bertz CT molecular complexity index is 338. The summed E-state index contributed by atoms with van der Waals surface area (Å²) in [6, 6.07) is 0.168. The molecular weight excluding hydrogens is 302 g/mol. The van der Waals surface area contributed by atoms with Crippen LogP contribution in [0.25, 0.3) is 0 Å². The molecular formula is C12H22BrNO2S. The first kappa shape index (κ1) is 13.8. The molecule has 0 aromatic heterocycles. The molecule has 0 bridgehead atoms. The van der Waals surface area contributed by atoms with E-state index < -0.39 is 10.0 Å². The first-order valence-corrected chi connectivity index (χ1v) is 9.37. The highest BCUT2D eigenvalue weighted by atomic mass is 79.9. The topological polar surface area (TPSA) is 46.2 Å². The standard InChI is InChI=1S/C12H22BrNO2S/c13-9-10-5-4-8-12(10)14-17(15,16)11-6-2-1-3-7-11/h10-12,14H,1-9H2. The van der Waals surface area contributed by atoms with Crippen molar-refractivity contribution in [3.8, 4) is 0 Å². The molecule has 2 unspecified atom stereocenters. The molecule has 0 aromatic carbocycles. The lowest BCUT2D eigenvalue weighted by atomic mass is 10.0. The molecule has 2 fully saturated rings. The number of rotatable bonds is 4. The number of nitrogens with one attached hydrogen (secondary N) is 1. The van der Waals surface area contributed by atoms with Crippen LogP contribution in [0, 0.1) is 5.92 Å². The molecule has 5 heteroatoms. The minimum absolute atomic E-state index is 0.132. The summed E-state index contributed by atoms with van der Waals surface area (Å²) in [7, 11) is -3.08. The third-order valence-corrected chi connectivity index (χ3v) is 6.98. The molecule has 2 atom stereocenters. The van der Waals surface area contributed by atoms with Crippen molar-refractivity contribution in [3.63, 3.8) is 0 Å². The van der Waals surface area contributed by atoms with Gasteiger partial charge in [0.2, 0.25) is 10.0 Å². The summed E-state index contributed by atoms with van der Waals surface area (Å²) in [5.41, 5.74) is 0. The molecule has 2 saturated carbocycles. The maximum Gasteiger partial charge on any atom is 0.214 e. The quantitative estimate of drug-likeness (QED) is 0.808. The lowest BCUT2D eigenvalue weighted by molar-refractivity contribution is 0.450. The van der Waals surface area contributed by atoms with E-state index in [4.69, 9.17) is 0 Å². The van der Waals surface area contributed by atoms with Crippen LogP contribution in [0.4, 0.5) is 0 Å². The summed E-state index contributed by atoms with van der Waals surface area (Å²) in [5, 5.41) is 0.776. The van der Waals surface area contributed by atoms with Crippen LogP contribution >= 0.6 is 15.9 Å². The first-order valence-electron chi connectivity index (χ1n) is 6.70. The van der Waals surface area contributed by atoms with Crippen molar-refractivity contribution in [2.45, 2.75) is 62.7 Å². The molecule has 100 valence electrons. The minimum Gasteiger partial charge on any atom is -0.212 e. The summed E-state index contributed by atoms with van der Waals surface area (Å²) >= 11 is 3.49. The predicted octanol–water partition coefficient (Wildman–Crippen LogP) is 2.80. The number of halogens is 1. The fourth-order valence-electron chi connectivity index (χ4n) is 3.06. The lowest BCUT2D eigenvalue weighted by Gasteiger charge is -2.26. The van der Waals surface area contributed by atoms with Crippen LogP contribution in [0.2, 0.25) is 0 Å². The SMILES string of the molecule is O=S(=O)(NC1CCCC1CBr)C1CCCCC1. The molecule has 17 heavy (non-hydrogen) atoms. The molecule has 0 radical (unpaired) electrons. The molecule has 3 nitrogen and oxygen atoms in total. The zero-order chi connectivity index (χ0) is 12.3. The summed E-state index contributed by atoms with van der Waals surface area (Å²) in [6.07, 6.45) is 8.32. The molecule has 0 heterocycles. The van der Waals surface area contributed by atoms with E-state index in [0.29, 0.717) is 5.92 Å². The normalized spacial score (nSPS) is 31.8. The highest BCUT2D eigenvalue weighted by Gasteiger charge is 2.34. The zero-order valence-electron chi connectivity index (χ0n) is 10.2. The maximum atomic E-state index is 12.3. The summed E-state index contributed by atoms with van der Waals surface area (Å²) in [4.78, 5) is 0. The molecule has 0 amide bonds. The molecule has 2 rings (SSSR count). The third-order valence-electron chi connectivity index (χ3n) is 4.16. The molecule has 0 saturated heterocycles. The van der Waals surface area contributed by atoms with Gasteiger partial charge in [0.15, 0.2) is 0 Å². The molecule has 0 spiro atoms. The van der Waals surface area contributed by atoms with Gasteiger partial charge in [-0.05, 0) is 31.6 Å². The van der Waals surface area contributed by atoms with Crippen LogP contribution in [0.15, 0.2) is 0 Å². The number of alkyl halides is 1. The van der Waals surface area contributed by atoms with E-state index in [1.807, 2.05) is 0 Å². The lowest BCUT2D eigenvalue weighted by Crippen LogP contribution is -2.43. The Morgan fingerprint density at radius 2 is 1.71 bits per heavy atom. The van der Waals surface area contributed by atoms with Crippen LogP contribution < -0.4 is 4.72 Å². The maximum absolute atomic E-state index is 12.3. The second kappa shape index (κ2) is 6.02. The third kappa shape index (κ3) is 3.44. The molecule has 1 N–H and O–H groups in total. The van der Waals surface area contributed by atoms with E-state index in [1.54, 1.807) is 0 Å². The van der Waals surface area contributed by atoms with Gasteiger partial charge < -0.3 is 0 Å². The minimum atomic E-state index is -3.08. The van der Waals surface area contributed by atoms with Crippen molar-refractivity contribution in [2.24, 2.45) is 5.92 Å². The first-order chi connectivity index (χ1) is 8.13. The second-order valence-electron chi connectivity index (χ2n) is 5.37. The number of sulfonamides is 1. The van der Waals surface area contributed by atoms with Gasteiger partial charge in [0.25, 0.3) is 0 Å². The van der Waals surface area contributed by atoms with Crippen molar-refractivity contribution in [1.82, 2.24) is 4.72 Å². The largest absolute Gasteiger partial charge is 0.214 e. The van der Waals surface area contributed by atoms with Gasteiger partial charge in [-0.15, -0.1) is 0 Å². The number of hydrogen-bond acceptors (Lipinski definition) is 2. The Morgan fingerprint density at radius 3 is 2.35 bits per heavy atom. The van der Waals surface area contributed by atoms with Crippen molar-refractivity contribution >= 4 is 26.0 Å². The van der Waals surface area contributed by atoms with Crippen molar-refractivity contribution in [2.75, 3.05) is 5.33 Å². The summed E-state index contributed by atoms with van der Waals surface area (Å²) in [6.45, 7) is 0. The van der Waals surface area contributed by atoms with Gasteiger partial charge >= 0.3 is 0 Å². The summed E-state index contributed by atoms with van der Waals surface area (Å²) < 4.78 is 27.5. The number of hydrogen-bond donors (Lipinski definition) is 1. The van der Waals surface area contributed by atoms with Gasteiger partial charge in [0, 0.05) is 11.4 Å². The van der Waals surface area contributed by atoms with Gasteiger partial charge in [-0.1, -0.05) is 41.6 Å². The molecule has 2 aliphatic rings. The highest BCUT2D eigenvalue weighted by molar-refractivity contribution is 9.09. The van der Waals surface area contributed by atoms with Crippen LogP contribution in [-0.4, -0.2) is 25.0 Å². The van der Waals surface area contributed by atoms with Crippen LogP contribution in [0.1, 0.15) is 51.4 Å². The van der Waals surface area contributed by atoms with Crippen LogP contribution in [0.3, 0.4) is 0 Å². The van der Waals surface area contributed by atoms with Gasteiger partial charge in [0.1, 0.15) is 0 Å². The van der Waals surface area contributed by atoms with Crippen LogP contribution in [0.5, 0.6) is 0 Å². The van der Waals surface area contributed by atoms with Crippen LogP contribution in [-0.2, 0) is 10.0 Å². The van der Waals surface area contributed by atoms with Crippen molar-refractivity contribution in [1.29, 1.82) is 0 Å². The Kier molecular flexibility index (Phi) is 4.89. The van der Waals surface area contributed by atoms with Gasteiger partial charge in [-0.2, -0.15) is 0 Å². The monoisotopic (exact) mass is 323 g/mol. The van der Waals surface area contributed by atoms with E-state index >= 15 is 0 Å². The Labute approximate surface area is 113 Å². The fraction of sp³-hybridized carbons (Fsp3) is 1.00.